The molecule has 0 spiro atoms. The van der Waals surface area contributed by atoms with Crippen LogP contribution in [-0.4, -0.2) is 13.1 Å². The number of esters is 1. The summed E-state index contributed by atoms with van der Waals surface area (Å²) in [7, 11) is 1.23. The lowest BCUT2D eigenvalue weighted by atomic mass is 9.97. The molecule has 1 heterocycles. The highest BCUT2D eigenvalue weighted by atomic mass is 16.5. The molecule has 0 atom stereocenters. The second-order valence-electron chi connectivity index (χ2n) is 5.69. The van der Waals surface area contributed by atoms with Crippen molar-refractivity contribution in [2.75, 3.05) is 7.11 Å². The van der Waals surface area contributed by atoms with Crippen LogP contribution in [0, 0.1) is 11.3 Å². The van der Waals surface area contributed by atoms with Gasteiger partial charge < -0.3 is 9.15 Å². The molecule has 0 N–H and O–H groups in total. The molecular weight excluding hydrogens is 338 g/mol. The molecule has 0 saturated carbocycles. The van der Waals surface area contributed by atoms with Crippen LogP contribution in [0.5, 0.6) is 0 Å². The lowest BCUT2D eigenvalue weighted by Crippen LogP contribution is -2.02. The maximum Gasteiger partial charge on any atom is 0.348 e. The minimum atomic E-state index is -0.694. The Kier molecular flexibility index (Phi) is 5.66. The number of nitriles is 1. The van der Waals surface area contributed by atoms with Crippen molar-refractivity contribution in [3.05, 3.63) is 101 Å². The number of methoxy groups -OCH3 is 1. The van der Waals surface area contributed by atoms with Gasteiger partial charge in [0.1, 0.15) is 23.2 Å². The van der Waals surface area contributed by atoms with Crippen molar-refractivity contribution in [1.29, 1.82) is 5.26 Å². The number of benzene rings is 2. The summed E-state index contributed by atoms with van der Waals surface area (Å²) < 4.78 is 10.4. The van der Waals surface area contributed by atoms with Crippen LogP contribution in [0.3, 0.4) is 0 Å². The van der Waals surface area contributed by atoms with Gasteiger partial charge in [0.25, 0.3) is 0 Å². The standard InChI is InChI=1S/C23H17NO3/c1-26-23(25)19(16-24)14-20-12-13-21(27-20)15-22(17-8-4-2-5-9-17)18-10-6-3-7-11-18/h2-15H,1H3/b19-14+. The van der Waals surface area contributed by atoms with Gasteiger partial charge in [-0.1, -0.05) is 60.7 Å². The minimum absolute atomic E-state index is 0.117. The highest BCUT2D eigenvalue weighted by Gasteiger charge is 2.11. The molecule has 3 rings (SSSR count). The highest BCUT2D eigenvalue weighted by Crippen LogP contribution is 2.27. The predicted octanol–water partition coefficient (Wildman–Crippen LogP) is 4.95. The molecule has 1 aromatic heterocycles. The van der Waals surface area contributed by atoms with Crippen molar-refractivity contribution in [2.24, 2.45) is 0 Å². The predicted molar refractivity (Wildman–Crippen MR) is 104 cm³/mol. The maximum absolute atomic E-state index is 11.5. The molecule has 132 valence electrons. The number of hydrogen-bond acceptors (Lipinski definition) is 4. The van der Waals surface area contributed by atoms with E-state index in [1.165, 1.54) is 13.2 Å². The zero-order valence-electron chi connectivity index (χ0n) is 14.8. The van der Waals surface area contributed by atoms with Crippen molar-refractivity contribution in [3.8, 4) is 6.07 Å². The van der Waals surface area contributed by atoms with Crippen LogP contribution in [0.4, 0.5) is 0 Å². The molecule has 4 heteroatoms. The Morgan fingerprint density at radius 3 is 1.89 bits per heavy atom. The Bertz CT molecular complexity index is 981. The molecule has 0 aliphatic heterocycles. The SMILES string of the molecule is COC(=O)/C(C#N)=C/c1ccc(C=C(c2ccccc2)c2ccccc2)o1. The van der Waals surface area contributed by atoms with E-state index in [1.807, 2.05) is 72.8 Å². The van der Waals surface area contributed by atoms with Crippen LogP contribution < -0.4 is 0 Å². The second kappa shape index (κ2) is 8.50. The Morgan fingerprint density at radius 1 is 0.889 bits per heavy atom. The molecular formula is C23H17NO3. The summed E-state index contributed by atoms with van der Waals surface area (Å²) in [5.41, 5.74) is 3.01. The Labute approximate surface area is 157 Å². The van der Waals surface area contributed by atoms with Crippen molar-refractivity contribution in [1.82, 2.24) is 0 Å². The number of carbonyl (C=O) groups excluding carboxylic acids is 1. The first-order chi connectivity index (χ1) is 13.2. The van der Waals surface area contributed by atoms with Gasteiger partial charge in [-0.3, -0.25) is 0 Å². The molecule has 3 aromatic rings. The van der Waals surface area contributed by atoms with Gasteiger partial charge in [0, 0.05) is 6.08 Å². The molecule has 27 heavy (non-hydrogen) atoms. The molecule has 0 unspecified atom stereocenters. The largest absolute Gasteiger partial charge is 0.465 e. The normalized spacial score (nSPS) is 10.7. The van der Waals surface area contributed by atoms with E-state index in [0.29, 0.717) is 11.5 Å². The summed E-state index contributed by atoms with van der Waals surface area (Å²) >= 11 is 0. The van der Waals surface area contributed by atoms with E-state index < -0.39 is 5.97 Å². The van der Waals surface area contributed by atoms with Gasteiger partial charge in [0.2, 0.25) is 0 Å². The van der Waals surface area contributed by atoms with E-state index >= 15 is 0 Å². The number of rotatable bonds is 5. The monoisotopic (exact) mass is 355 g/mol. The van der Waals surface area contributed by atoms with Gasteiger partial charge in [0.15, 0.2) is 0 Å². The first-order valence-electron chi connectivity index (χ1n) is 8.34. The van der Waals surface area contributed by atoms with E-state index in [2.05, 4.69) is 4.74 Å². The molecule has 2 aromatic carbocycles. The van der Waals surface area contributed by atoms with Crippen molar-refractivity contribution in [3.63, 3.8) is 0 Å². The number of ether oxygens (including phenoxy) is 1. The van der Waals surface area contributed by atoms with Crippen LogP contribution >= 0.6 is 0 Å². The van der Waals surface area contributed by atoms with Crippen LogP contribution in [0.15, 0.2) is 82.8 Å². The van der Waals surface area contributed by atoms with E-state index in [1.54, 1.807) is 12.1 Å². The van der Waals surface area contributed by atoms with Crippen LogP contribution in [0.2, 0.25) is 0 Å². The maximum atomic E-state index is 11.5. The summed E-state index contributed by atoms with van der Waals surface area (Å²) in [6, 6.07) is 25.3. The Balaban J connectivity index is 2.00. The molecule has 0 aliphatic rings. The van der Waals surface area contributed by atoms with Crippen molar-refractivity contribution in [2.45, 2.75) is 0 Å². The van der Waals surface area contributed by atoms with E-state index in [4.69, 9.17) is 9.68 Å². The van der Waals surface area contributed by atoms with Gasteiger partial charge in [0.05, 0.1) is 7.11 Å². The molecule has 0 bridgehead atoms. The number of furan rings is 1. The lowest BCUT2D eigenvalue weighted by molar-refractivity contribution is -0.135. The number of nitrogens with zero attached hydrogens (tertiary/aromatic N) is 1. The first kappa shape index (κ1) is 18.0. The minimum Gasteiger partial charge on any atom is -0.465 e. The molecule has 0 fully saturated rings. The van der Waals surface area contributed by atoms with Crippen LogP contribution in [-0.2, 0) is 9.53 Å². The van der Waals surface area contributed by atoms with E-state index in [0.717, 1.165) is 16.7 Å². The third kappa shape index (κ3) is 4.42. The average Bonchev–Trinajstić information content (AvgIpc) is 3.18. The van der Waals surface area contributed by atoms with Gasteiger partial charge in [-0.2, -0.15) is 5.26 Å². The van der Waals surface area contributed by atoms with E-state index in [-0.39, 0.29) is 5.57 Å². The molecule has 0 amide bonds. The van der Waals surface area contributed by atoms with Crippen LogP contribution in [0.25, 0.3) is 17.7 Å². The topological polar surface area (TPSA) is 63.2 Å². The zero-order valence-corrected chi connectivity index (χ0v) is 14.8. The fraction of sp³-hybridized carbons (Fsp3) is 0.0435. The number of hydrogen-bond donors (Lipinski definition) is 0. The van der Waals surface area contributed by atoms with Gasteiger partial charge >= 0.3 is 5.97 Å². The molecule has 0 saturated heterocycles. The average molecular weight is 355 g/mol. The van der Waals surface area contributed by atoms with Gasteiger partial charge in [-0.15, -0.1) is 0 Å². The molecule has 0 radical (unpaired) electrons. The van der Waals surface area contributed by atoms with E-state index in [9.17, 15) is 4.79 Å². The summed E-state index contributed by atoms with van der Waals surface area (Å²) in [5.74, 6) is 0.329. The number of carbonyl (C=O) groups is 1. The lowest BCUT2D eigenvalue weighted by Gasteiger charge is -2.07. The summed E-state index contributed by atoms with van der Waals surface area (Å²) in [5, 5.41) is 9.07. The summed E-state index contributed by atoms with van der Waals surface area (Å²) in [4.78, 5) is 11.5. The third-order valence-electron chi connectivity index (χ3n) is 3.92. The highest BCUT2D eigenvalue weighted by molar-refractivity contribution is 5.97. The Morgan fingerprint density at radius 2 is 1.41 bits per heavy atom. The fourth-order valence-corrected chi connectivity index (χ4v) is 2.62. The zero-order chi connectivity index (χ0) is 19.1. The smallest absolute Gasteiger partial charge is 0.348 e. The van der Waals surface area contributed by atoms with Crippen LogP contribution in [0.1, 0.15) is 22.6 Å². The van der Waals surface area contributed by atoms with Crippen molar-refractivity contribution < 1.29 is 13.9 Å². The Hall–Kier alpha value is -3.84. The molecule has 4 nitrogen and oxygen atoms in total. The first-order valence-corrected chi connectivity index (χ1v) is 8.34. The van der Waals surface area contributed by atoms with Gasteiger partial charge in [-0.25, -0.2) is 4.79 Å². The summed E-state index contributed by atoms with van der Waals surface area (Å²) in [6.07, 6.45) is 3.31. The fourth-order valence-electron chi connectivity index (χ4n) is 2.62. The summed E-state index contributed by atoms with van der Waals surface area (Å²) in [6.45, 7) is 0. The van der Waals surface area contributed by atoms with Gasteiger partial charge in [-0.05, 0) is 34.9 Å². The van der Waals surface area contributed by atoms with Crippen molar-refractivity contribution >= 4 is 23.7 Å². The third-order valence-corrected chi connectivity index (χ3v) is 3.92. The molecule has 0 aliphatic carbocycles. The quantitative estimate of drug-likeness (QED) is 0.369. The second-order valence-corrected chi connectivity index (χ2v) is 5.69.